The molecular weight excluding hydrogens is 270 g/mol. The minimum Gasteiger partial charge on any atom is -0.497 e. The van der Waals surface area contributed by atoms with Crippen LogP contribution in [0.1, 0.15) is 5.56 Å². The molecule has 0 spiro atoms. The van der Waals surface area contributed by atoms with Crippen molar-refractivity contribution < 1.29 is 9.15 Å². The maximum atomic E-state index is 12.5. The highest BCUT2D eigenvalue weighted by molar-refractivity contribution is 5.77. The second-order valence-electron chi connectivity index (χ2n) is 4.71. The highest BCUT2D eigenvalue weighted by atomic mass is 16.5. The molecule has 0 aliphatic rings. The first-order valence-electron chi connectivity index (χ1n) is 6.41. The van der Waals surface area contributed by atoms with Crippen LogP contribution < -0.4 is 16.1 Å². The van der Waals surface area contributed by atoms with Gasteiger partial charge in [0.25, 0.3) is 5.56 Å². The van der Waals surface area contributed by atoms with Crippen LogP contribution in [-0.4, -0.2) is 11.7 Å². The Morgan fingerprint density at radius 3 is 2.43 bits per heavy atom. The predicted octanol–water partition coefficient (Wildman–Crippen LogP) is 2.26. The van der Waals surface area contributed by atoms with Crippen LogP contribution in [-0.2, 0) is 0 Å². The summed E-state index contributed by atoms with van der Waals surface area (Å²) in [7, 11) is 1.51. The van der Waals surface area contributed by atoms with E-state index in [9.17, 15) is 9.59 Å². The lowest BCUT2D eigenvalue weighted by Crippen LogP contribution is -2.30. The number of aryl methyl sites for hydroxylation is 1. The van der Waals surface area contributed by atoms with Crippen molar-refractivity contribution in [3.05, 3.63) is 68.9 Å². The Bertz CT molecular complexity index is 920. The first kappa shape index (κ1) is 13.2. The van der Waals surface area contributed by atoms with E-state index in [0.29, 0.717) is 16.8 Å². The first-order chi connectivity index (χ1) is 10.1. The molecule has 0 aliphatic carbocycles. The van der Waals surface area contributed by atoms with Crippen molar-refractivity contribution in [1.82, 2.24) is 4.57 Å². The molecule has 3 aromatic rings. The average Bonchev–Trinajstić information content (AvgIpc) is 2.48. The van der Waals surface area contributed by atoms with Gasteiger partial charge in [0.2, 0.25) is 0 Å². The summed E-state index contributed by atoms with van der Waals surface area (Å²) in [6.45, 7) is 1.93. The van der Waals surface area contributed by atoms with Gasteiger partial charge in [-0.3, -0.25) is 4.79 Å². The number of rotatable bonds is 2. The van der Waals surface area contributed by atoms with Crippen LogP contribution in [0.5, 0.6) is 5.75 Å². The molecule has 106 valence electrons. The van der Waals surface area contributed by atoms with E-state index in [0.717, 1.165) is 10.1 Å². The van der Waals surface area contributed by atoms with Crippen LogP contribution in [0.2, 0.25) is 0 Å². The van der Waals surface area contributed by atoms with Gasteiger partial charge in [0.15, 0.2) is 0 Å². The molecule has 0 amide bonds. The minimum atomic E-state index is -0.718. The van der Waals surface area contributed by atoms with Crippen LogP contribution in [0.3, 0.4) is 0 Å². The molecule has 0 saturated heterocycles. The topological polar surface area (TPSA) is 61.4 Å². The van der Waals surface area contributed by atoms with Crippen LogP contribution in [0.25, 0.3) is 16.7 Å². The number of fused-ring (bicyclic) bond motifs is 1. The molecule has 1 aromatic heterocycles. The molecule has 21 heavy (non-hydrogen) atoms. The second kappa shape index (κ2) is 4.94. The Morgan fingerprint density at radius 2 is 1.76 bits per heavy atom. The summed E-state index contributed by atoms with van der Waals surface area (Å²) in [6.07, 6.45) is 0. The standard InChI is InChI=1S/C16H13NO4/c1-10-3-5-11(6-4-10)17-15(18)13-8-7-12(20-2)9-14(13)21-16(17)19/h3-9H,1-2H3. The Labute approximate surface area is 120 Å². The number of benzene rings is 2. The molecule has 0 fully saturated rings. The van der Waals surface area contributed by atoms with Crippen molar-refractivity contribution in [2.75, 3.05) is 7.11 Å². The zero-order valence-electron chi connectivity index (χ0n) is 11.6. The fraction of sp³-hybridized carbons (Fsp3) is 0.125. The van der Waals surface area contributed by atoms with Gasteiger partial charge in [-0.2, -0.15) is 0 Å². The van der Waals surface area contributed by atoms with E-state index in [4.69, 9.17) is 9.15 Å². The molecule has 0 aliphatic heterocycles. The van der Waals surface area contributed by atoms with Gasteiger partial charge in [0, 0.05) is 6.07 Å². The molecule has 0 unspecified atom stereocenters. The molecule has 0 N–H and O–H groups in total. The molecule has 2 aromatic carbocycles. The summed E-state index contributed by atoms with van der Waals surface area (Å²) in [4.78, 5) is 24.6. The second-order valence-corrected chi connectivity index (χ2v) is 4.71. The largest absolute Gasteiger partial charge is 0.497 e. The first-order valence-corrected chi connectivity index (χ1v) is 6.41. The van der Waals surface area contributed by atoms with Gasteiger partial charge in [-0.25, -0.2) is 9.36 Å². The molecule has 0 atom stereocenters. The van der Waals surface area contributed by atoms with E-state index in [-0.39, 0.29) is 5.58 Å². The molecule has 1 heterocycles. The quantitative estimate of drug-likeness (QED) is 0.723. The smallest absolute Gasteiger partial charge is 0.426 e. The van der Waals surface area contributed by atoms with E-state index in [1.807, 2.05) is 19.1 Å². The Balaban J connectivity index is 2.32. The maximum absolute atomic E-state index is 12.5. The van der Waals surface area contributed by atoms with Crippen molar-refractivity contribution in [3.63, 3.8) is 0 Å². The van der Waals surface area contributed by atoms with E-state index >= 15 is 0 Å². The average molecular weight is 283 g/mol. The number of hydrogen-bond donors (Lipinski definition) is 0. The van der Waals surface area contributed by atoms with Crippen LogP contribution in [0, 0.1) is 6.92 Å². The lowest BCUT2D eigenvalue weighted by molar-refractivity contribution is 0.413. The Hall–Kier alpha value is -2.82. The van der Waals surface area contributed by atoms with Crippen LogP contribution >= 0.6 is 0 Å². The van der Waals surface area contributed by atoms with Gasteiger partial charge in [-0.1, -0.05) is 17.7 Å². The van der Waals surface area contributed by atoms with Gasteiger partial charge in [-0.05, 0) is 31.2 Å². The van der Waals surface area contributed by atoms with Crippen molar-refractivity contribution in [2.24, 2.45) is 0 Å². The lowest BCUT2D eigenvalue weighted by atomic mass is 10.2. The van der Waals surface area contributed by atoms with E-state index in [1.54, 1.807) is 24.3 Å². The van der Waals surface area contributed by atoms with Crippen molar-refractivity contribution in [2.45, 2.75) is 6.92 Å². The summed E-state index contributed by atoms with van der Waals surface area (Å²) < 4.78 is 11.3. The van der Waals surface area contributed by atoms with Gasteiger partial charge < -0.3 is 9.15 Å². The van der Waals surface area contributed by atoms with Gasteiger partial charge in [-0.15, -0.1) is 0 Å². The zero-order valence-corrected chi connectivity index (χ0v) is 11.6. The van der Waals surface area contributed by atoms with Crippen molar-refractivity contribution in [3.8, 4) is 11.4 Å². The van der Waals surface area contributed by atoms with Gasteiger partial charge >= 0.3 is 5.76 Å². The minimum absolute atomic E-state index is 0.215. The fourth-order valence-corrected chi connectivity index (χ4v) is 2.15. The maximum Gasteiger partial charge on any atom is 0.426 e. The summed E-state index contributed by atoms with van der Waals surface area (Å²) >= 11 is 0. The normalized spacial score (nSPS) is 10.8. The Morgan fingerprint density at radius 1 is 1.05 bits per heavy atom. The number of nitrogens with zero attached hydrogens (tertiary/aromatic N) is 1. The molecule has 5 heteroatoms. The third kappa shape index (κ3) is 2.23. The third-order valence-corrected chi connectivity index (χ3v) is 3.29. The highest BCUT2D eigenvalue weighted by Gasteiger charge is 2.12. The van der Waals surface area contributed by atoms with Gasteiger partial charge in [0.05, 0.1) is 18.2 Å². The van der Waals surface area contributed by atoms with Gasteiger partial charge in [0.1, 0.15) is 11.3 Å². The van der Waals surface area contributed by atoms with Crippen LogP contribution in [0.4, 0.5) is 0 Å². The lowest BCUT2D eigenvalue weighted by Gasteiger charge is -2.06. The monoisotopic (exact) mass is 283 g/mol. The fourth-order valence-electron chi connectivity index (χ4n) is 2.15. The molecule has 0 saturated carbocycles. The van der Waals surface area contributed by atoms with Crippen LogP contribution in [0.15, 0.2) is 56.5 Å². The third-order valence-electron chi connectivity index (χ3n) is 3.29. The molecule has 0 radical (unpaired) electrons. The number of ether oxygens (including phenoxy) is 1. The zero-order chi connectivity index (χ0) is 15.0. The molecule has 5 nitrogen and oxygen atoms in total. The summed E-state index contributed by atoms with van der Waals surface area (Å²) in [5, 5.41) is 0.330. The summed E-state index contributed by atoms with van der Waals surface area (Å²) in [5.41, 5.74) is 1.33. The van der Waals surface area contributed by atoms with Crippen molar-refractivity contribution in [1.29, 1.82) is 0 Å². The number of aromatic nitrogens is 1. The van der Waals surface area contributed by atoms with Crippen molar-refractivity contribution >= 4 is 11.0 Å². The Kier molecular flexibility index (Phi) is 3.10. The molecule has 0 bridgehead atoms. The van der Waals surface area contributed by atoms with E-state index in [1.165, 1.54) is 13.2 Å². The predicted molar refractivity (Wildman–Crippen MR) is 79.4 cm³/mol. The summed E-state index contributed by atoms with van der Waals surface area (Å²) in [6, 6.07) is 11.9. The molecular formula is C16H13NO4. The SMILES string of the molecule is COc1ccc2c(=O)n(-c3ccc(C)cc3)c(=O)oc2c1. The number of hydrogen-bond acceptors (Lipinski definition) is 4. The molecule has 3 rings (SSSR count). The summed E-state index contributed by atoms with van der Waals surface area (Å²) in [5.74, 6) is -0.192. The highest BCUT2D eigenvalue weighted by Crippen LogP contribution is 2.17. The van der Waals surface area contributed by atoms with E-state index in [2.05, 4.69) is 0 Å². The van der Waals surface area contributed by atoms with E-state index < -0.39 is 11.3 Å². The number of methoxy groups -OCH3 is 1.